The lowest BCUT2D eigenvalue weighted by Gasteiger charge is -2.10. The SMILES string of the molecule is O=S(c1ccc2cc(Br)ccc2c1)C(Cl)c1ccccc1. The summed E-state index contributed by atoms with van der Waals surface area (Å²) in [5, 5.41) is 2.16. The Balaban J connectivity index is 1.96. The standard InChI is InChI=1S/C17H12BrClOS/c18-15-8-6-14-11-16(9-7-13(14)10-15)21(20)17(19)12-4-2-1-3-5-12/h1-11,17H. The van der Waals surface area contributed by atoms with Crippen molar-refractivity contribution in [3.8, 4) is 0 Å². The third kappa shape index (κ3) is 3.20. The van der Waals surface area contributed by atoms with Crippen molar-refractivity contribution in [1.82, 2.24) is 0 Å². The van der Waals surface area contributed by atoms with E-state index in [4.69, 9.17) is 11.6 Å². The van der Waals surface area contributed by atoms with Crippen molar-refractivity contribution in [2.24, 2.45) is 0 Å². The van der Waals surface area contributed by atoms with Gasteiger partial charge in [-0.1, -0.05) is 58.4 Å². The number of alkyl halides is 1. The summed E-state index contributed by atoms with van der Waals surface area (Å²) in [6, 6.07) is 21.3. The molecule has 106 valence electrons. The van der Waals surface area contributed by atoms with Gasteiger partial charge in [0.25, 0.3) is 0 Å². The molecule has 0 bridgehead atoms. The molecule has 4 heteroatoms. The quantitative estimate of drug-likeness (QED) is 0.538. The Bertz CT molecular complexity index is 804. The third-order valence-corrected chi connectivity index (χ3v) is 5.85. The average molecular weight is 380 g/mol. The van der Waals surface area contributed by atoms with Crippen LogP contribution in [0.2, 0.25) is 0 Å². The fraction of sp³-hybridized carbons (Fsp3) is 0.0588. The predicted octanol–water partition coefficient (Wildman–Crippen LogP) is 5.65. The highest BCUT2D eigenvalue weighted by molar-refractivity contribution is 9.10. The molecule has 0 radical (unpaired) electrons. The molecule has 21 heavy (non-hydrogen) atoms. The van der Waals surface area contributed by atoms with Crippen LogP contribution in [0.4, 0.5) is 0 Å². The molecule has 0 N–H and O–H groups in total. The Morgan fingerprint density at radius 3 is 2.33 bits per heavy atom. The van der Waals surface area contributed by atoms with Gasteiger partial charge >= 0.3 is 0 Å². The maximum atomic E-state index is 12.6. The van der Waals surface area contributed by atoms with Gasteiger partial charge in [0.2, 0.25) is 0 Å². The summed E-state index contributed by atoms with van der Waals surface area (Å²) in [6.07, 6.45) is 0. The summed E-state index contributed by atoms with van der Waals surface area (Å²) in [5.74, 6) is 0. The second-order valence-corrected chi connectivity index (χ2v) is 7.83. The van der Waals surface area contributed by atoms with Crippen LogP contribution in [0.15, 0.2) is 76.1 Å². The van der Waals surface area contributed by atoms with Gasteiger partial charge in [-0.25, -0.2) is 0 Å². The first kappa shape index (κ1) is 14.8. The minimum Gasteiger partial charge on any atom is -0.252 e. The minimum atomic E-state index is -1.29. The Morgan fingerprint density at radius 2 is 1.57 bits per heavy atom. The first-order chi connectivity index (χ1) is 10.1. The normalized spacial score (nSPS) is 14.0. The summed E-state index contributed by atoms with van der Waals surface area (Å²) in [6.45, 7) is 0. The number of hydrogen-bond acceptors (Lipinski definition) is 1. The Labute approximate surface area is 139 Å². The molecule has 3 aromatic carbocycles. The van der Waals surface area contributed by atoms with Crippen molar-refractivity contribution in [1.29, 1.82) is 0 Å². The highest BCUT2D eigenvalue weighted by Crippen LogP contribution is 2.30. The van der Waals surface area contributed by atoms with Gasteiger partial charge < -0.3 is 0 Å². The topological polar surface area (TPSA) is 17.1 Å². The predicted molar refractivity (Wildman–Crippen MR) is 93.1 cm³/mol. The van der Waals surface area contributed by atoms with Crippen LogP contribution in [0.25, 0.3) is 10.8 Å². The summed E-state index contributed by atoms with van der Waals surface area (Å²) in [5.41, 5.74) is 0.869. The van der Waals surface area contributed by atoms with E-state index >= 15 is 0 Å². The maximum Gasteiger partial charge on any atom is 0.138 e. The minimum absolute atomic E-state index is 0.543. The van der Waals surface area contributed by atoms with Crippen LogP contribution in [0.3, 0.4) is 0 Å². The van der Waals surface area contributed by atoms with Gasteiger partial charge in [0.1, 0.15) is 4.71 Å². The molecule has 0 aliphatic rings. The maximum absolute atomic E-state index is 12.6. The summed E-state index contributed by atoms with van der Waals surface area (Å²) in [4.78, 5) is 0.744. The summed E-state index contributed by atoms with van der Waals surface area (Å²) < 4.78 is 13.1. The Kier molecular flexibility index (Phi) is 4.43. The summed E-state index contributed by atoms with van der Waals surface area (Å²) in [7, 11) is -1.29. The van der Waals surface area contributed by atoms with Gasteiger partial charge in [-0.15, -0.1) is 11.6 Å². The van der Waals surface area contributed by atoms with Crippen LogP contribution < -0.4 is 0 Å². The molecule has 2 atom stereocenters. The van der Waals surface area contributed by atoms with Crippen molar-refractivity contribution in [3.63, 3.8) is 0 Å². The zero-order valence-corrected chi connectivity index (χ0v) is 14.2. The van der Waals surface area contributed by atoms with Crippen molar-refractivity contribution < 1.29 is 4.21 Å². The molecule has 0 aromatic heterocycles. The van der Waals surface area contributed by atoms with Gasteiger partial charge in [-0.05, 0) is 40.6 Å². The van der Waals surface area contributed by atoms with Gasteiger partial charge in [-0.2, -0.15) is 0 Å². The van der Waals surface area contributed by atoms with E-state index < -0.39 is 15.5 Å². The first-order valence-corrected chi connectivity index (χ1v) is 8.88. The van der Waals surface area contributed by atoms with E-state index in [-0.39, 0.29) is 0 Å². The van der Waals surface area contributed by atoms with Crippen molar-refractivity contribution in [3.05, 3.63) is 76.8 Å². The van der Waals surface area contributed by atoms with Crippen LogP contribution in [0.5, 0.6) is 0 Å². The smallest absolute Gasteiger partial charge is 0.138 e. The molecule has 1 nitrogen and oxygen atoms in total. The molecule has 2 unspecified atom stereocenters. The van der Waals surface area contributed by atoms with Crippen LogP contribution in [0.1, 0.15) is 10.3 Å². The summed E-state index contributed by atoms with van der Waals surface area (Å²) >= 11 is 9.81. The zero-order valence-electron chi connectivity index (χ0n) is 11.0. The lowest BCUT2D eigenvalue weighted by Crippen LogP contribution is -2.00. The number of halogens is 2. The highest BCUT2D eigenvalue weighted by Gasteiger charge is 2.17. The van der Waals surface area contributed by atoms with Gasteiger partial charge in [0.15, 0.2) is 0 Å². The van der Waals surface area contributed by atoms with E-state index in [9.17, 15) is 4.21 Å². The molecule has 0 saturated heterocycles. The molecule has 0 aliphatic heterocycles. The Hall–Kier alpha value is -1.16. The van der Waals surface area contributed by atoms with E-state index in [0.717, 1.165) is 25.7 Å². The molecular formula is C17H12BrClOS. The number of rotatable bonds is 3. The van der Waals surface area contributed by atoms with Crippen LogP contribution in [0, 0.1) is 0 Å². The monoisotopic (exact) mass is 378 g/mol. The van der Waals surface area contributed by atoms with E-state index in [0.29, 0.717) is 0 Å². The van der Waals surface area contributed by atoms with Gasteiger partial charge in [0, 0.05) is 9.37 Å². The van der Waals surface area contributed by atoms with E-state index in [1.807, 2.05) is 66.7 Å². The van der Waals surface area contributed by atoms with Crippen LogP contribution >= 0.6 is 27.5 Å². The fourth-order valence-electron chi connectivity index (χ4n) is 2.17. The third-order valence-electron chi connectivity index (χ3n) is 3.26. The molecular weight excluding hydrogens is 368 g/mol. The molecule has 0 fully saturated rings. The van der Waals surface area contributed by atoms with Crippen molar-refractivity contribution in [2.45, 2.75) is 9.60 Å². The zero-order chi connectivity index (χ0) is 14.8. The second kappa shape index (κ2) is 6.30. The lowest BCUT2D eigenvalue weighted by molar-refractivity contribution is 0.681. The molecule has 0 saturated carbocycles. The average Bonchev–Trinajstić information content (AvgIpc) is 2.53. The van der Waals surface area contributed by atoms with Gasteiger partial charge in [-0.3, -0.25) is 4.21 Å². The van der Waals surface area contributed by atoms with Gasteiger partial charge in [0.05, 0.1) is 10.8 Å². The molecule has 0 heterocycles. The number of fused-ring (bicyclic) bond motifs is 1. The largest absolute Gasteiger partial charge is 0.252 e. The Morgan fingerprint density at radius 1 is 0.905 bits per heavy atom. The number of benzene rings is 3. The molecule has 3 aromatic rings. The van der Waals surface area contributed by atoms with E-state index in [1.165, 1.54) is 0 Å². The highest BCUT2D eigenvalue weighted by atomic mass is 79.9. The molecule has 0 spiro atoms. The van der Waals surface area contributed by atoms with Crippen LogP contribution in [-0.2, 0) is 10.8 Å². The molecule has 0 aliphatic carbocycles. The lowest BCUT2D eigenvalue weighted by atomic mass is 10.1. The molecule has 3 rings (SSSR count). The van der Waals surface area contributed by atoms with E-state index in [1.54, 1.807) is 0 Å². The molecule has 0 amide bonds. The van der Waals surface area contributed by atoms with Crippen molar-refractivity contribution >= 4 is 49.1 Å². The fourth-order valence-corrected chi connectivity index (χ4v) is 4.09. The van der Waals surface area contributed by atoms with Crippen LogP contribution in [-0.4, -0.2) is 4.21 Å². The first-order valence-electron chi connectivity index (χ1n) is 6.44. The second-order valence-electron chi connectivity index (χ2n) is 4.68. The van der Waals surface area contributed by atoms with E-state index in [2.05, 4.69) is 15.9 Å². The number of hydrogen-bond donors (Lipinski definition) is 0. The van der Waals surface area contributed by atoms with Crippen molar-refractivity contribution in [2.75, 3.05) is 0 Å².